The molecule has 1 aromatic rings. The van der Waals surface area contributed by atoms with Crippen molar-refractivity contribution in [3.63, 3.8) is 0 Å². The van der Waals surface area contributed by atoms with Crippen LogP contribution in [0.1, 0.15) is 42.0 Å². The van der Waals surface area contributed by atoms with E-state index >= 15 is 0 Å². The Morgan fingerprint density at radius 3 is 3.00 bits per heavy atom. The van der Waals surface area contributed by atoms with E-state index in [1.165, 1.54) is 34.6 Å². The highest BCUT2D eigenvalue weighted by molar-refractivity contribution is 7.12. The van der Waals surface area contributed by atoms with Gasteiger partial charge in [-0.3, -0.25) is 4.79 Å². The van der Waals surface area contributed by atoms with E-state index in [1.54, 1.807) is 0 Å². The molecule has 0 aliphatic heterocycles. The number of nitrogens with one attached hydrogen (secondary N) is 2. The Morgan fingerprint density at radius 1 is 1.44 bits per heavy atom. The van der Waals surface area contributed by atoms with Crippen molar-refractivity contribution in [3.05, 3.63) is 21.4 Å². The SMILES string of the molecule is CC(C)NCCC(=O)NCc1cc2c(s1)CCC2. The van der Waals surface area contributed by atoms with E-state index in [2.05, 4.69) is 30.5 Å². The normalized spacial score (nSPS) is 13.9. The van der Waals surface area contributed by atoms with Gasteiger partial charge >= 0.3 is 0 Å². The smallest absolute Gasteiger partial charge is 0.221 e. The molecule has 4 heteroatoms. The largest absolute Gasteiger partial charge is 0.351 e. The van der Waals surface area contributed by atoms with Gasteiger partial charge in [0, 0.05) is 28.8 Å². The molecule has 0 spiro atoms. The third-order valence-corrected chi connectivity index (χ3v) is 4.40. The summed E-state index contributed by atoms with van der Waals surface area (Å²) in [5.74, 6) is 0.136. The van der Waals surface area contributed by atoms with Gasteiger partial charge in [0.05, 0.1) is 6.54 Å². The van der Waals surface area contributed by atoms with Crippen LogP contribution in [0.15, 0.2) is 6.07 Å². The minimum absolute atomic E-state index is 0.136. The molecule has 1 aromatic heterocycles. The van der Waals surface area contributed by atoms with Crippen molar-refractivity contribution in [3.8, 4) is 0 Å². The second-order valence-electron chi connectivity index (χ2n) is 5.15. The van der Waals surface area contributed by atoms with Crippen molar-refractivity contribution in [1.29, 1.82) is 0 Å². The highest BCUT2D eigenvalue weighted by Gasteiger charge is 2.14. The summed E-state index contributed by atoms with van der Waals surface area (Å²) in [6.07, 6.45) is 4.31. The zero-order chi connectivity index (χ0) is 13.0. The van der Waals surface area contributed by atoms with Crippen LogP contribution in [0.5, 0.6) is 0 Å². The Labute approximate surface area is 113 Å². The zero-order valence-electron chi connectivity index (χ0n) is 11.2. The first-order valence-electron chi connectivity index (χ1n) is 6.75. The molecular formula is C14H22N2OS. The number of fused-ring (bicyclic) bond motifs is 1. The minimum atomic E-state index is 0.136. The van der Waals surface area contributed by atoms with Crippen molar-refractivity contribution in [1.82, 2.24) is 10.6 Å². The topological polar surface area (TPSA) is 41.1 Å². The average Bonchev–Trinajstić information content (AvgIpc) is 2.85. The Kier molecular flexibility index (Phi) is 4.78. The lowest BCUT2D eigenvalue weighted by Gasteiger charge is -2.07. The molecule has 2 rings (SSSR count). The first-order valence-corrected chi connectivity index (χ1v) is 7.57. The minimum Gasteiger partial charge on any atom is -0.351 e. The second-order valence-corrected chi connectivity index (χ2v) is 6.37. The molecule has 0 bridgehead atoms. The number of carbonyl (C=O) groups is 1. The Bertz CT molecular complexity index is 390. The van der Waals surface area contributed by atoms with Crippen LogP contribution in [0.25, 0.3) is 0 Å². The standard InChI is InChI=1S/C14H22N2OS/c1-10(2)15-7-6-14(17)16-9-12-8-11-4-3-5-13(11)18-12/h8,10,15H,3-7,9H2,1-2H3,(H,16,17). The molecule has 1 heterocycles. The Hall–Kier alpha value is -0.870. The van der Waals surface area contributed by atoms with Crippen LogP contribution < -0.4 is 10.6 Å². The summed E-state index contributed by atoms with van der Waals surface area (Å²) in [5.41, 5.74) is 1.51. The fourth-order valence-electron chi connectivity index (χ4n) is 2.23. The van der Waals surface area contributed by atoms with Gasteiger partial charge in [-0.25, -0.2) is 0 Å². The monoisotopic (exact) mass is 266 g/mol. The molecular weight excluding hydrogens is 244 g/mol. The number of rotatable bonds is 6. The third kappa shape index (κ3) is 3.82. The van der Waals surface area contributed by atoms with E-state index in [0.29, 0.717) is 19.0 Å². The van der Waals surface area contributed by atoms with Crippen LogP contribution in [0, 0.1) is 0 Å². The molecule has 1 aliphatic rings. The van der Waals surface area contributed by atoms with Crippen molar-refractivity contribution in [2.75, 3.05) is 6.54 Å². The zero-order valence-corrected chi connectivity index (χ0v) is 12.0. The molecule has 0 unspecified atom stereocenters. The van der Waals surface area contributed by atoms with Gasteiger partial charge in [0.2, 0.25) is 5.91 Å². The molecule has 0 radical (unpaired) electrons. The molecule has 0 saturated carbocycles. The van der Waals surface area contributed by atoms with Crippen LogP contribution >= 0.6 is 11.3 Å². The molecule has 0 aromatic carbocycles. The summed E-state index contributed by atoms with van der Waals surface area (Å²) in [5, 5.41) is 6.24. The van der Waals surface area contributed by atoms with Gasteiger partial charge in [0.25, 0.3) is 0 Å². The highest BCUT2D eigenvalue weighted by Crippen LogP contribution is 2.30. The molecule has 100 valence electrons. The maximum atomic E-state index is 11.6. The summed E-state index contributed by atoms with van der Waals surface area (Å²) in [4.78, 5) is 14.5. The van der Waals surface area contributed by atoms with Crippen molar-refractivity contribution in [2.24, 2.45) is 0 Å². The summed E-state index contributed by atoms with van der Waals surface area (Å²) < 4.78 is 0. The predicted molar refractivity (Wildman–Crippen MR) is 75.9 cm³/mol. The number of hydrogen-bond donors (Lipinski definition) is 2. The number of thiophene rings is 1. The van der Waals surface area contributed by atoms with Gasteiger partial charge in [-0.05, 0) is 30.9 Å². The molecule has 3 nitrogen and oxygen atoms in total. The summed E-state index contributed by atoms with van der Waals surface area (Å²) in [6, 6.07) is 2.71. The molecule has 18 heavy (non-hydrogen) atoms. The number of aryl methyl sites for hydroxylation is 2. The van der Waals surface area contributed by atoms with Crippen LogP contribution in [-0.4, -0.2) is 18.5 Å². The van der Waals surface area contributed by atoms with Crippen LogP contribution in [0.4, 0.5) is 0 Å². The fourth-order valence-corrected chi connectivity index (χ4v) is 3.43. The van der Waals surface area contributed by atoms with E-state index in [0.717, 1.165) is 6.54 Å². The average molecular weight is 266 g/mol. The van der Waals surface area contributed by atoms with Gasteiger partial charge in [0.15, 0.2) is 0 Å². The molecule has 0 atom stereocenters. The van der Waals surface area contributed by atoms with Gasteiger partial charge in [-0.1, -0.05) is 13.8 Å². The molecule has 0 fully saturated rings. The van der Waals surface area contributed by atoms with E-state index in [4.69, 9.17) is 0 Å². The summed E-state index contributed by atoms with van der Waals surface area (Å²) in [6.45, 7) is 5.62. The van der Waals surface area contributed by atoms with Crippen LogP contribution in [-0.2, 0) is 24.2 Å². The second kappa shape index (κ2) is 6.34. The molecule has 2 N–H and O–H groups in total. The third-order valence-electron chi connectivity index (χ3n) is 3.16. The van der Waals surface area contributed by atoms with Crippen molar-refractivity contribution < 1.29 is 4.79 Å². The highest BCUT2D eigenvalue weighted by atomic mass is 32.1. The van der Waals surface area contributed by atoms with E-state index in [-0.39, 0.29) is 5.91 Å². The maximum Gasteiger partial charge on any atom is 0.221 e. The lowest BCUT2D eigenvalue weighted by atomic mass is 10.2. The van der Waals surface area contributed by atoms with Crippen LogP contribution in [0.2, 0.25) is 0 Å². The van der Waals surface area contributed by atoms with E-state index in [1.807, 2.05) is 11.3 Å². The number of carbonyl (C=O) groups excluding carboxylic acids is 1. The lowest BCUT2D eigenvalue weighted by molar-refractivity contribution is -0.121. The quantitative estimate of drug-likeness (QED) is 0.829. The molecule has 1 aliphatic carbocycles. The van der Waals surface area contributed by atoms with Crippen LogP contribution in [0.3, 0.4) is 0 Å². The first kappa shape index (κ1) is 13.6. The Morgan fingerprint density at radius 2 is 2.28 bits per heavy atom. The maximum absolute atomic E-state index is 11.6. The van der Waals surface area contributed by atoms with Crippen molar-refractivity contribution in [2.45, 2.75) is 52.1 Å². The molecule has 0 saturated heterocycles. The molecule has 1 amide bonds. The summed E-state index contributed by atoms with van der Waals surface area (Å²) in [7, 11) is 0. The first-order chi connectivity index (χ1) is 8.65. The number of amides is 1. The van der Waals surface area contributed by atoms with E-state index in [9.17, 15) is 4.79 Å². The number of hydrogen-bond acceptors (Lipinski definition) is 3. The van der Waals surface area contributed by atoms with Gasteiger partial charge in [-0.15, -0.1) is 11.3 Å². The lowest BCUT2D eigenvalue weighted by Crippen LogP contribution is -2.30. The fraction of sp³-hybridized carbons (Fsp3) is 0.643. The van der Waals surface area contributed by atoms with Gasteiger partial charge in [0.1, 0.15) is 0 Å². The van der Waals surface area contributed by atoms with E-state index < -0.39 is 0 Å². The predicted octanol–water partition coefficient (Wildman–Crippen LogP) is 2.24. The van der Waals surface area contributed by atoms with Crippen molar-refractivity contribution >= 4 is 17.2 Å². The van der Waals surface area contributed by atoms with Gasteiger partial charge < -0.3 is 10.6 Å². The van der Waals surface area contributed by atoms with Gasteiger partial charge in [-0.2, -0.15) is 0 Å². The summed E-state index contributed by atoms with van der Waals surface area (Å²) >= 11 is 1.86. The Balaban J connectivity index is 1.69.